The summed E-state index contributed by atoms with van der Waals surface area (Å²) in [5.74, 6) is -1.69. The molecule has 5 heteroatoms. The highest BCUT2D eigenvalue weighted by molar-refractivity contribution is 5.88. The highest BCUT2D eigenvalue weighted by Gasteiger charge is 2.21. The summed E-state index contributed by atoms with van der Waals surface area (Å²) in [5, 5.41) is 7.72. The summed E-state index contributed by atoms with van der Waals surface area (Å²) >= 11 is 0. The highest BCUT2D eigenvalue weighted by atomic mass is 19.2. The predicted octanol–water partition coefficient (Wildman–Crippen LogP) is 4.27. The lowest BCUT2D eigenvalue weighted by Crippen LogP contribution is -2.31. The standard InChI is InChI=1S/C19H19F2N3/c1-22-11-4-7-18-15(8-11)14-5-2-13(10-19(14)24-18)23-12-3-6-16(20)17(21)9-12/h2-3,5-6,9-11,22-24H,4,7-8H2,1H3. The number of halogens is 2. The van der Waals surface area contributed by atoms with Crippen LogP contribution in [0.2, 0.25) is 0 Å². The van der Waals surface area contributed by atoms with E-state index in [-0.39, 0.29) is 0 Å². The normalized spacial score (nSPS) is 17.0. The first-order valence-corrected chi connectivity index (χ1v) is 8.17. The van der Waals surface area contributed by atoms with Gasteiger partial charge >= 0.3 is 0 Å². The van der Waals surface area contributed by atoms with Crippen molar-refractivity contribution in [3.8, 4) is 0 Å². The number of aromatic amines is 1. The molecule has 1 unspecified atom stereocenters. The summed E-state index contributed by atoms with van der Waals surface area (Å²) < 4.78 is 26.4. The topological polar surface area (TPSA) is 39.9 Å². The molecular weight excluding hydrogens is 308 g/mol. The molecule has 1 aromatic heterocycles. The second kappa shape index (κ2) is 5.91. The second-order valence-corrected chi connectivity index (χ2v) is 6.32. The van der Waals surface area contributed by atoms with Crippen molar-refractivity contribution in [2.75, 3.05) is 12.4 Å². The van der Waals surface area contributed by atoms with Crippen molar-refractivity contribution in [3.63, 3.8) is 0 Å². The van der Waals surface area contributed by atoms with E-state index in [4.69, 9.17) is 0 Å². The molecule has 3 aromatic rings. The van der Waals surface area contributed by atoms with E-state index in [0.717, 1.165) is 42.6 Å². The van der Waals surface area contributed by atoms with Gasteiger partial charge in [-0.15, -0.1) is 0 Å². The van der Waals surface area contributed by atoms with E-state index in [1.165, 1.54) is 22.7 Å². The number of nitrogens with one attached hydrogen (secondary N) is 3. The molecule has 24 heavy (non-hydrogen) atoms. The summed E-state index contributed by atoms with van der Waals surface area (Å²) in [4.78, 5) is 3.51. The van der Waals surface area contributed by atoms with Crippen LogP contribution in [0.5, 0.6) is 0 Å². The van der Waals surface area contributed by atoms with Gasteiger partial charge < -0.3 is 15.6 Å². The third kappa shape index (κ3) is 2.65. The lowest BCUT2D eigenvalue weighted by molar-refractivity contribution is 0.495. The number of hydrogen-bond donors (Lipinski definition) is 3. The molecule has 124 valence electrons. The molecule has 3 nitrogen and oxygen atoms in total. The van der Waals surface area contributed by atoms with E-state index >= 15 is 0 Å². The maximum atomic E-state index is 13.3. The van der Waals surface area contributed by atoms with Crippen molar-refractivity contribution >= 4 is 22.3 Å². The molecule has 0 radical (unpaired) electrons. The average Bonchev–Trinajstić information content (AvgIpc) is 2.95. The van der Waals surface area contributed by atoms with Gasteiger partial charge in [0.1, 0.15) is 0 Å². The molecular formula is C19H19F2N3. The van der Waals surface area contributed by atoms with Crippen molar-refractivity contribution in [1.82, 2.24) is 10.3 Å². The Balaban J connectivity index is 1.65. The van der Waals surface area contributed by atoms with Crippen LogP contribution in [0.4, 0.5) is 20.2 Å². The Morgan fingerprint density at radius 3 is 2.62 bits per heavy atom. The zero-order valence-electron chi connectivity index (χ0n) is 13.4. The molecule has 4 rings (SSSR count). The van der Waals surface area contributed by atoms with Crippen LogP contribution >= 0.6 is 0 Å². The number of fused-ring (bicyclic) bond motifs is 3. The number of rotatable bonds is 3. The maximum absolute atomic E-state index is 13.3. The molecule has 1 heterocycles. The minimum atomic E-state index is -0.852. The van der Waals surface area contributed by atoms with E-state index in [9.17, 15) is 8.78 Å². The first-order valence-electron chi connectivity index (χ1n) is 8.17. The fourth-order valence-corrected chi connectivity index (χ4v) is 3.49. The first-order chi connectivity index (χ1) is 11.6. The Hall–Kier alpha value is -2.40. The molecule has 1 aliphatic rings. The zero-order valence-corrected chi connectivity index (χ0v) is 13.4. The van der Waals surface area contributed by atoms with Crippen molar-refractivity contribution in [2.45, 2.75) is 25.3 Å². The van der Waals surface area contributed by atoms with Crippen LogP contribution < -0.4 is 10.6 Å². The van der Waals surface area contributed by atoms with Crippen LogP contribution in [0.1, 0.15) is 17.7 Å². The van der Waals surface area contributed by atoms with Gasteiger partial charge in [-0.2, -0.15) is 0 Å². The van der Waals surface area contributed by atoms with Gasteiger partial charge in [0.2, 0.25) is 0 Å². The van der Waals surface area contributed by atoms with Gasteiger partial charge in [0.25, 0.3) is 0 Å². The van der Waals surface area contributed by atoms with E-state index < -0.39 is 11.6 Å². The molecule has 0 bridgehead atoms. The van der Waals surface area contributed by atoms with E-state index in [0.29, 0.717) is 11.7 Å². The van der Waals surface area contributed by atoms with Crippen molar-refractivity contribution in [1.29, 1.82) is 0 Å². The smallest absolute Gasteiger partial charge is 0.160 e. The predicted molar refractivity (Wildman–Crippen MR) is 92.8 cm³/mol. The zero-order chi connectivity index (χ0) is 16.7. The molecule has 2 aromatic carbocycles. The number of H-pyrrole nitrogens is 1. The van der Waals surface area contributed by atoms with Crippen LogP contribution in [-0.2, 0) is 12.8 Å². The molecule has 1 aliphatic carbocycles. The first kappa shape index (κ1) is 15.1. The van der Waals surface area contributed by atoms with Crippen LogP contribution in [0.15, 0.2) is 36.4 Å². The minimum Gasteiger partial charge on any atom is -0.358 e. The summed E-state index contributed by atoms with van der Waals surface area (Å²) in [6, 6.07) is 10.4. The summed E-state index contributed by atoms with van der Waals surface area (Å²) in [7, 11) is 2.01. The lowest BCUT2D eigenvalue weighted by atomic mass is 9.91. The van der Waals surface area contributed by atoms with Crippen LogP contribution in [0.25, 0.3) is 10.9 Å². The van der Waals surface area contributed by atoms with Crippen molar-refractivity contribution in [3.05, 3.63) is 59.3 Å². The number of hydrogen-bond acceptors (Lipinski definition) is 2. The maximum Gasteiger partial charge on any atom is 0.160 e. The second-order valence-electron chi connectivity index (χ2n) is 6.32. The van der Waals surface area contributed by atoms with Gasteiger partial charge in [0.05, 0.1) is 0 Å². The number of likely N-dealkylation sites (N-methyl/N-ethyl adjacent to an activating group) is 1. The molecule has 0 saturated heterocycles. The minimum absolute atomic E-state index is 0.525. The Kier molecular flexibility index (Phi) is 3.73. The quantitative estimate of drug-likeness (QED) is 0.672. The lowest BCUT2D eigenvalue weighted by Gasteiger charge is -2.21. The fraction of sp³-hybridized carbons (Fsp3) is 0.263. The van der Waals surface area contributed by atoms with Gasteiger partial charge in [0.15, 0.2) is 11.6 Å². The third-order valence-electron chi connectivity index (χ3n) is 4.80. The summed E-state index contributed by atoms with van der Waals surface area (Å²) in [5.41, 5.74) is 5.14. The average molecular weight is 327 g/mol. The van der Waals surface area contributed by atoms with E-state index in [1.807, 2.05) is 19.2 Å². The summed E-state index contributed by atoms with van der Waals surface area (Å²) in [6.45, 7) is 0. The SMILES string of the molecule is CNC1CCc2[nH]c3cc(Nc4ccc(F)c(F)c4)ccc3c2C1. The van der Waals surface area contributed by atoms with Crippen LogP contribution in [0, 0.1) is 11.6 Å². The van der Waals surface area contributed by atoms with Gasteiger partial charge in [-0.1, -0.05) is 6.07 Å². The molecule has 0 saturated carbocycles. The Morgan fingerprint density at radius 2 is 1.83 bits per heavy atom. The number of aromatic nitrogens is 1. The monoisotopic (exact) mass is 327 g/mol. The Bertz CT molecular complexity index is 901. The number of anilines is 2. The fourth-order valence-electron chi connectivity index (χ4n) is 3.49. The van der Waals surface area contributed by atoms with E-state index in [1.54, 1.807) is 0 Å². The number of aryl methyl sites for hydroxylation is 1. The molecule has 0 aliphatic heterocycles. The Labute approximate surface area is 139 Å². The van der Waals surface area contributed by atoms with Crippen molar-refractivity contribution < 1.29 is 8.78 Å². The van der Waals surface area contributed by atoms with Crippen LogP contribution in [0.3, 0.4) is 0 Å². The molecule has 1 atom stereocenters. The largest absolute Gasteiger partial charge is 0.358 e. The van der Waals surface area contributed by atoms with Crippen molar-refractivity contribution in [2.24, 2.45) is 0 Å². The van der Waals surface area contributed by atoms with Gasteiger partial charge in [0, 0.05) is 40.1 Å². The van der Waals surface area contributed by atoms with Gasteiger partial charge in [-0.3, -0.25) is 0 Å². The molecule has 0 spiro atoms. The third-order valence-corrected chi connectivity index (χ3v) is 4.80. The van der Waals surface area contributed by atoms with Gasteiger partial charge in [-0.25, -0.2) is 8.78 Å². The van der Waals surface area contributed by atoms with E-state index in [2.05, 4.69) is 21.7 Å². The van der Waals surface area contributed by atoms with Gasteiger partial charge in [-0.05, 0) is 56.1 Å². The molecule has 0 amide bonds. The molecule has 0 fully saturated rings. The number of benzene rings is 2. The Morgan fingerprint density at radius 1 is 1.04 bits per heavy atom. The highest BCUT2D eigenvalue weighted by Crippen LogP contribution is 2.31. The van der Waals surface area contributed by atoms with Crippen LogP contribution in [-0.4, -0.2) is 18.1 Å². The summed E-state index contributed by atoms with van der Waals surface area (Å²) in [6.07, 6.45) is 3.21. The molecule has 3 N–H and O–H groups in total.